The summed E-state index contributed by atoms with van der Waals surface area (Å²) >= 11 is 6.05. The van der Waals surface area contributed by atoms with Crippen molar-refractivity contribution in [3.8, 4) is 0 Å². The van der Waals surface area contributed by atoms with Gasteiger partial charge in [0, 0.05) is 18.0 Å². The number of unbranched alkanes of at least 4 members (excludes halogenated alkanes) is 1. The van der Waals surface area contributed by atoms with Gasteiger partial charge in [0.25, 0.3) is 5.56 Å². The van der Waals surface area contributed by atoms with Crippen molar-refractivity contribution < 1.29 is 0 Å². The van der Waals surface area contributed by atoms with E-state index in [-0.39, 0.29) is 11.0 Å². The van der Waals surface area contributed by atoms with Crippen molar-refractivity contribution in [3.05, 3.63) is 39.4 Å². The molecule has 0 atom stereocenters. The zero-order chi connectivity index (χ0) is 17.0. The third kappa shape index (κ3) is 4.79. The Morgan fingerprint density at radius 1 is 1.26 bits per heavy atom. The number of nitrogens with zero attached hydrogens (tertiary/aromatic N) is 2. The summed E-state index contributed by atoms with van der Waals surface area (Å²) < 4.78 is 1.83. The molecular weight excluding hydrogens is 310 g/mol. The van der Waals surface area contributed by atoms with Gasteiger partial charge in [0.2, 0.25) is 0 Å². The number of rotatable bonds is 6. The van der Waals surface area contributed by atoms with Crippen LogP contribution >= 0.6 is 11.6 Å². The first-order valence-electron chi connectivity index (χ1n) is 8.15. The number of hydrogen-bond donors (Lipinski definition) is 1. The number of aromatic nitrogens is 2. The van der Waals surface area contributed by atoms with Gasteiger partial charge < -0.3 is 5.32 Å². The van der Waals surface area contributed by atoms with E-state index in [2.05, 4.69) is 26.1 Å². The van der Waals surface area contributed by atoms with Crippen LogP contribution < -0.4 is 10.9 Å². The largest absolute Gasteiger partial charge is 0.320 e. The Balaban J connectivity index is 2.47. The van der Waals surface area contributed by atoms with Crippen LogP contribution in [0.25, 0.3) is 10.9 Å². The number of aryl methyl sites for hydroxylation is 1. The molecule has 126 valence electrons. The fourth-order valence-electron chi connectivity index (χ4n) is 2.65. The molecule has 0 unspecified atom stereocenters. The maximum atomic E-state index is 12.9. The second-order valence-corrected chi connectivity index (χ2v) is 7.64. The number of benzene rings is 1. The van der Waals surface area contributed by atoms with Crippen LogP contribution in [0.15, 0.2) is 23.0 Å². The maximum absolute atomic E-state index is 12.9. The topological polar surface area (TPSA) is 46.9 Å². The van der Waals surface area contributed by atoms with E-state index >= 15 is 0 Å². The minimum Gasteiger partial charge on any atom is -0.320 e. The normalized spacial score (nSPS) is 12.0. The molecule has 0 aliphatic heterocycles. The third-order valence-corrected chi connectivity index (χ3v) is 3.94. The first kappa shape index (κ1) is 18.0. The summed E-state index contributed by atoms with van der Waals surface area (Å²) in [6, 6.07) is 5.34. The molecule has 23 heavy (non-hydrogen) atoms. The lowest BCUT2D eigenvalue weighted by atomic mass is 9.96. The van der Waals surface area contributed by atoms with Gasteiger partial charge in [-0.15, -0.1) is 0 Å². The van der Waals surface area contributed by atoms with Crippen molar-refractivity contribution in [2.45, 2.75) is 46.6 Å². The lowest BCUT2D eigenvalue weighted by Crippen LogP contribution is -2.30. The molecule has 2 rings (SSSR count). The summed E-state index contributed by atoms with van der Waals surface area (Å²) in [4.78, 5) is 17.7. The van der Waals surface area contributed by atoms with Gasteiger partial charge in [0.05, 0.1) is 10.9 Å². The van der Waals surface area contributed by atoms with Crippen molar-refractivity contribution in [3.63, 3.8) is 0 Å². The average molecular weight is 336 g/mol. The van der Waals surface area contributed by atoms with Gasteiger partial charge in [-0.3, -0.25) is 9.36 Å². The van der Waals surface area contributed by atoms with Crippen molar-refractivity contribution >= 4 is 22.5 Å². The predicted octanol–water partition coefficient (Wildman–Crippen LogP) is 3.64. The standard InChI is InChI=1S/C18H26ClN3O/c1-18(2,3)12-22-16(7-5-6-10-20-4)21-15-9-8-13(19)11-14(15)17(22)23/h8-9,11,20H,5-7,10,12H2,1-4H3. The van der Waals surface area contributed by atoms with Crippen molar-refractivity contribution in [1.82, 2.24) is 14.9 Å². The van der Waals surface area contributed by atoms with Crippen LogP contribution in [0.2, 0.25) is 5.02 Å². The SMILES string of the molecule is CNCCCCc1nc2ccc(Cl)cc2c(=O)n1CC(C)(C)C. The Morgan fingerprint density at radius 3 is 2.65 bits per heavy atom. The highest BCUT2D eigenvalue weighted by Crippen LogP contribution is 2.20. The Bertz CT molecular complexity index is 731. The highest BCUT2D eigenvalue weighted by Gasteiger charge is 2.17. The van der Waals surface area contributed by atoms with E-state index in [1.165, 1.54) is 0 Å². The van der Waals surface area contributed by atoms with E-state index < -0.39 is 0 Å². The lowest BCUT2D eigenvalue weighted by molar-refractivity contribution is 0.330. The molecule has 1 heterocycles. The molecule has 0 bridgehead atoms. The van der Waals surface area contributed by atoms with Gasteiger partial charge in [-0.05, 0) is 50.0 Å². The molecule has 5 heteroatoms. The summed E-state index contributed by atoms with van der Waals surface area (Å²) in [5.74, 6) is 0.871. The third-order valence-electron chi connectivity index (χ3n) is 3.70. The molecular formula is C18H26ClN3O. The van der Waals surface area contributed by atoms with Crippen LogP contribution in [-0.4, -0.2) is 23.1 Å². The molecule has 2 aromatic rings. The molecule has 0 saturated heterocycles. The van der Waals surface area contributed by atoms with Crippen LogP contribution in [0.3, 0.4) is 0 Å². The summed E-state index contributed by atoms with van der Waals surface area (Å²) in [6.45, 7) is 8.03. The zero-order valence-electron chi connectivity index (χ0n) is 14.4. The molecule has 1 aromatic carbocycles. The highest BCUT2D eigenvalue weighted by atomic mass is 35.5. The number of hydrogen-bond acceptors (Lipinski definition) is 3. The summed E-state index contributed by atoms with van der Waals surface area (Å²) in [5.41, 5.74) is 0.751. The number of halogens is 1. The van der Waals surface area contributed by atoms with Gasteiger partial charge in [-0.1, -0.05) is 32.4 Å². The van der Waals surface area contributed by atoms with Crippen LogP contribution in [0.1, 0.15) is 39.4 Å². The fraction of sp³-hybridized carbons (Fsp3) is 0.556. The molecule has 0 aliphatic carbocycles. The number of nitrogens with one attached hydrogen (secondary N) is 1. The van der Waals surface area contributed by atoms with Crippen molar-refractivity contribution in [1.29, 1.82) is 0 Å². The molecule has 0 saturated carbocycles. The lowest BCUT2D eigenvalue weighted by Gasteiger charge is -2.22. The molecule has 0 fully saturated rings. The highest BCUT2D eigenvalue weighted by molar-refractivity contribution is 6.31. The summed E-state index contributed by atoms with van der Waals surface area (Å²) in [7, 11) is 1.95. The maximum Gasteiger partial charge on any atom is 0.261 e. The van der Waals surface area contributed by atoms with Gasteiger partial charge in [0.1, 0.15) is 5.82 Å². The van der Waals surface area contributed by atoms with Gasteiger partial charge in [-0.2, -0.15) is 0 Å². The Morgan fingerprint density at radius 2 is 2.00 bits per heavy atom. The monoisotopic (exact) mass is 335 g/mol. The second kappa shape index (κ2) is 7.45. The number of fused-ring (bicyclic) bond motifs is 1. The smallest absolute Gasteiger partial charge is 0.261 e. The van der Waals surface area contributed by atoms with Gasteiger partial charge >= 0.3 is 0 Å². The quantitative estimate of drug-likeness (QED) is 0.820. The average Bonchev–Trinajstić information content (AvgIpc) is 2.47. The van der Waals surface area contributed by atoms with Crippen LogP contribution in [0.4, 0.5) is 0 Å². The molecule has 0 amide bonds. The predicted molar refractivity (Wildman–Crippen MR) is 97.3 cm³/mol. The molecule has 1 N–H and O–H groups in total. The van der Waals surface area contributed by atoms with Gasteiger partial charge in [-0.25, -0.2) is 4.98 Å². The molecule has 0 spiro atoms. The van der Waals surface area contributed by atoms with Crippen molar-refractivity contribution in [2.75, 3.05) is 13.6 Å². The Kier molecular flexibility index (Phi) is 5.82. The van der Waals surface area contributed by atoms with Crippen LogP contribution in [0.5, 0.6) is 0 Å². The fourth-order valence-corrected chi connectivity index (χ4v) is 2.82. The van der Waals surface area contributed by atoms with E-state index in [9.17, 15) is 4.79 Å². The first-order chi connectivity index (χ1) is 10.8. The van der Waals surface area contributed by atoms with E-state index in [1.807, 2.05) is 17.7 Å². The summed E-state index contributed by atoms with van der Waals surface area (Å²) in [5, 5.41) is 4.32. The molecule has 1 aromatic heterocycles. The minimum absolute atomic E-state index is 0.0102. The molecule has 0 aliphatic rings. The minimum atomic E-state index is 0.0102. The zero-order valence-corrected chi connectivity index (χ0v) is 15.2. The van der Waals surface area contributed by atoms with Crippen LogP contribution in [0, 0.1) is 5.41 Å². The summed E-state index contributed by atoms with van der Waals surface area (Å²) in [6.07, 6.45) is 2.89. The van der Waals surface area contributed by atoms with E-state index in [0.29, 0.717) is 17.0 Å². The second-order valence-electron chi connectivity index (χ2n) is 7.20. The molecule has 4 nitrogen and oxygen atoms in total. The van der Waals surface area contributed by atoms with Crippen LogP contribution in [-0.2, 0) is 13.0 Å². The van der Waals surface area contributed by atoms with E-state index in [4.69, 9.17) is 16.6 Å². The van der Waals surface area contributed by atoms with E-state index in [0.717, 1.165) is 37.1 Å². The van der Waals surface area contributed by atoms with E-state index in [1.54, 1.807) is 12.1 Å². The van der Waals surface area contributed by atoms with Gasteiger partial charge in [0.15, 0.2) is 0 Å². The molecule has 0 radical (unpaired) electrons. The Hall–Kier alpha value is -1.39. The Labute approximate surface area is 142 Å². The first-order valence-corrected chi connectivity index (χ1v) is 8.53. The van der Waals surface area contributed by atoms with Crippen molar-refractivity contribution in [2.24, 2.45) is 5.41 Å².